The van der Waals surface area contributed by atoms with Gasteiger partial charge in [-0.15, -0.1) is 0 Å². The van der Waals surface area contributed by atoms with Crippen LogP contribution < -0.4 is 16.4 Å². The van der Waals surface area contributed by atoms with Crippen molar-refractivity contribution in [3.8, 4) is 5.69 Å². The summed E-state index contributed by atoms with van der Waals surface area (Å²) in [5, 5.41) is 9.29. The van der Waals surface area contributed by atoms with E-state index in [2.05, 4.69) is 15.7 Å². The Labute approximate surface area is 142 Å². The lowest BCUT2D eigenvalue weighted by Gasteiger charge is -2.05. The molecular weight excluding hydrogens is 325 g/mol. The molecule has 25 heavy (non-hydrogen) atoms. The second-order valence-electron chi connectivity index (χ2n) is 5.14. The maximum atomic E-state index is 13.0. The first-order chi connectivity index (χ1) is 12.0. The molecule has 0 aliphatic carbocycles. The number of hydrogen-bond acceptors (Lipinski definition) is 3. The molecule has 0 atom stereocenters. The Morgan fingerprint density at radius 2 is 1.52 bits per heavy atom. The number of halogens is 1. The monoisotopic (exact) mass is 339 g/mol. The summed E-state index contributed by atoms with van der Waals surface area (Å²) in [5.74, 6) is -0.736. The highest BCUT2D eigenvalue weighted by Crippen LogP contribution is 2.15. The Hall–Kier alpha value is -3.68. The van der Waals surface area contributed by atoms with Gasteiger partial charge in [-0.25, -0.2) is 13.9 Å². The Morgan fingerprint density at radius 3 is 2.12 bits per heavy atom. The van der Waals surface area contributed by atoms with Gasteiger partial charge in [0.15, 0.2) is 5.69 Å². The molecule has 126 valence electrons. The molecule has 0 aliphatic heterocycles. The van der Waals surface area contributed by atoms with Gasteiger partial charge in [-0.1, -0.05) is 0 Å². The summed E-state index contributed by atoms with van der Waals surface area (Å²) in [4.78, 5) is 23.0. The minimum Gasteiger partial charge on any atom is -0.351 e. The van der Waals surface area contributed by atoms with E-state index in [1.54, 1.807) is 48.7 Å². The summed E-state index contributed by atoms with van der Waals surface area (Å²) in [5.41, 5.74) is 6.94. The van der Waals surface area contributed by atoms with E-state index in [4.69, 9.17) is 5.73 Å². The minimum absolute atomic E-state index is 0.212. The topological polar surface area (TPSA) is 102 Å². The summed E-state index contributed by atoms with van der Waals surface area (Å²) in [6.07, 6.45) is 1.61. The van der Waals surface area contributed by atoms with E-state index in [1.165, 1.54) is 16.8 Å². The zero-order valence-electron chi connectivity index (χ0n) is 12.9. The largest absolute Gasteiger partial charge is 0.351 e. The lowest BCUT2D eigenvalue weighted by Crippen LogP contribution is -2.19. The highest BCUT2D eigenvalue weighted by molar-refractivity contribution is 6.03. The van der Waals surface area contributed by atoms with E-state index in [0.717, 1.165) is 0 Å². The lowest BCUT2D eigenvalue weighted by atomic mass is 10.2. The quantitative estimate of drug-likeness (QED) is 0.681. The molecule has 4 N–H and O–H groups in total. The maximum Gasteiger partial charge on any atom is 0.316 e. The molecule has 0 unspecified atom stereocenters. The summed E-state index contributed by atoms with van der Waals surface area (Å²) in [7, 11) is 0. The van der Waals surface area contributed by atoms with Crippen molar-refractivity contribution in [1.29, 1.82) is 0 Å². The van der Waals surface area contributed by atoms with Crippen molar-refractivity contribution in [1.82, 2.24) is 9.78 Å². The number of hydrogen-bond donors (Lipinski definition) is 3. The Bertz CT molecular complexity index is 904. The molecular formula is C17H14FN5O2. The van der Waals surface area contributed by atoms with E-state index in [0.29, 0.717) is 17.1 Å². The van der Waals surface area contributed by atoms with Crippen LogP contribution in [0.5, 0.6) is 0 Å². The molecule has 0 fully saturated rings. The average molecular weight is 339 g/mol. The first kappa shape index (κ1) is 16.2. The lowest BCUT2D eigenvalue weighted by molar-refractivity contribution is 0.102. The van der Waals surface area contributed by atoms with Gasteiger partial charge in [0.1, 0.15) is 5.82 Å². The number of aromatic nitrogens is 2. The predicted octanol–water partition coefficient (Wildman–Crippen LogP) is 2.75. The highest BCUT2D eigenvalue weighted by Gasteiger charge is 2.11. The van der Waals surface area contributed by atoms with Gasteiger partial charge in [0.05, 0.1) is 5.69 Å². The van der Waals surface area contributed by atoms with Crippen molar-refractivity contribution in [2.75, 3.05) is 10.6 Å². The molecule has 7 nitrogen and oxygen atoms in total. The van der Waals surface area contributed by atoms with Crippen LogP contribution in [0.25, 0.3) is 5.69 Å². The van der Waals surface area contributed by atoms with Crippen molar-refractivity contribution in [2.24, 2.45) is 5.73 Å². The van der Waals surface area contributed by atoms with Crippen LogP contribution >= 0.6 is 0 Å². The molecule has 3 aromatic rings. The maximum absolute atomic E-state index is 13.0. The van der Waals surface area contributed by atoms with E-state index in [1.807, 2.05) is 0 Å². The van der Waals surface area contributed by atoms with Crippen molar-refractivity contribution >= 4 is 23.3 Å². The number of primary amides is 1. The summed E-state index contributed by atoms with van der Waals surface area (Å²) in [6.45, 7) is 0. The van der Waals surface area contributed by atoms with E-state index >= 15 is 0 Å². The fourth-order valence-corrected chi connectivity index (χ4v) is 2.16. The molecule has 0 saturated carbocycles. The number of nitrogens with two attached hydrogens (primary N) is 1. The van der Waals surface area contributed by atoms with E-state index in [9.17, 15) is 14.0 Å². The third-order valence-corrected chi connectivity index (χ3v) is 3.32. The molecule has 0 saturated heterocycles. The Morgan fingerprint density at radius 1 is 0.920 bits per heavy atom. The number of nitrogens with zero attached hydrogens (tertiary/aromatic N) is 2. The molecule has 1 heterocycles. The van der Waals surface area contributed by atoms with Crippen molar-refractivity contribution < 1.29 is 14.0 Å². The number of rotatable bonds is 4. The van der Waals surface area contributed by atoms with Crippen molar-refractivity contribution in [2.45, 2.75) is 0 Å². The van der Waals surface area contributed by atoms with E-state index in [-0.39, 0.29) is 11.5 Å². The van der Waals surface area contributed by atoms with Gasteiger partial charge in [-0.2, -0.15) is 5.10 Å². The SMILES string of the molecule is NC(=O)Nc1ccc(NC(=O)c2ccn(-c3ccc(F)cc3)n2)cc1. The normalized spacial score (nSPS) is 10.3. The third kappa shape index (κ3) is 3.99. The van der Waals surface area contributed by atoms with Gasteiger partial charge in [0.25, 0.3) is 5.91 Å². The second-order valence-corrected chi connectivity index (χ2v) is 5.14. The van der Waals surface area contributed by atoms with E-state index < -0.39 is 11.9 Å². The van der Waals surface area contributed by atoms with Gasteiger partial charge >= 0.3 is 6.03 Å². The third-order valence-electron chi connectivity index (χ3n) is 3.32. The van der Waals surface area contributed by atoms with Crippen LogP contribution in [-0.4, -0.2) is 21.7 Å². The Kier molecular flexibility index (Phi) is 4.42. The van der Waals surface area contributed by atoms with Crippen molar-refractivity contribution in [3.63, 3.8) is 0 Å². The van der Waals surface area contributed by atoms with Gasteiger partial charge in [-0.05, 0) is 54.6 Å². The fraction of sp³-hybridized carbons (Fsp3) is 0. The molecule has 8 heteroatoms. The standard InChI is InChI=1S/C17H14FN5O2/c18-11-1-7-14(8-2-11)23-10-9-15(22-23)16(24)20-12-3-5-13(6-4-12)21-17(19)25/h1-10H,(H,20,24)(H3,19,21,25). The molecule has 0 radical (unpaired) electrons. The average Bonchev–Trinajstić information content (AvgIpc) is 3.07. The van der Waals surface area contributed by atoms with Gasteiger partial charge < -0.3 is 16.4 Å². The summed E-state index contributed by atoms with van der Waals surface area (Å²) >= 11 is 0. The first-order valence-corrected chi connectivity index (χ1v) is 7.31. The fourth-order valence-electron chi connectivity index (χ4n) is 2.16. The number of nitrogens with one attached hydrogen (secondary N) is 2. The van der Waals surface area contributed by atoms with Gasteiger partial charge in [0, 0.05) is 17.6 Å². The summed E-state index contributed by atoms with van der Waals surface area (Å²) in [6, 6.07) is 13.1. The smallest absolute Gasteiger partial charge is 0.316 e. The molecule has 3 rings (SSSR count). The van der Waals surface area contributed by atoms with Gasteiger partial charge in [0.2, 0.25) is 0 Å². The molecule has 0 spiro atoms. The van der Waals surface area contributed by atoms with Crippen LogP contribution in [-0.2, 0) is 0 Å². The number of carbonyl (C=O) groups excluding carboxylic acids is 2. The molecule has 0 aliphatic rings. The van der Waals surface area contributed by atoms with Crippen LogP contribution in [0, 0.1) is 5.82 Å². The van der Waals surface area contributed by atoms with Crippen LogP contribution in [0.4, 0.5) is 20.6 Å². The van der Waals surface area contributed by atoms with Crippen LogP contribution in [0.15, 0.2) is 60.8 Å². The summed E-state index contributed by atoms with van der Waals surface area (Å²) < 4.78 is 14.4. The number of urea groups is 1. The molecule has 0 bridgehead atoms. The molecule has 1 aromatic heterocycles. The second kappa shape index (κ2) is 6.83. The molecule has 3 amide bonds. The predicted molar refractivity (Wildman–Crippen MR) is 91.1 cm³/mol. The zero-order chi connectivity index (χ0) is 17.8. The van der Waals surface area contributed by atoms with Crippen LogP contribution in [0.3, 0.4) is 0 Å². The first-order valence-electron chi connectivity index (χ1n) is 7.31. The minimum atomic E-state index is -0.664. The number of carbonyl (C=O) groups is 2. The number of amides is 3. The number of anilines is 2. The Balaban J connectivity index is 1.69. The highest BCUT2D eigenvalue weighted by atomic mass is 19.1. The van der Waals surface area contributed by atoms with Crippen LogP contribution in [0.2, 0.25) is 0 Å². The zero-order valence-corrected chi connectivity index (χ0v) is 12.9. The number of benzene rings is 2. The van der Waals surface area contributed by atoms with Gasteiger partial charge in [-0.3, -0.25) is 4.79 Å². The van der Waals surface area contributed by atoms with Crippen molar-refractivity contribution in [3.05, 3.63) is 72.3 Å². The molecule has 2 aromatic carbocycles. The van der Waals surface area contributed by atoms with Crippen LogP contribution in [0.1, 0.15) is 10.5 Å².